The number of hydrogen-bond donors (Lipinski definition) is 1. The van der Waals surface area contributed by atoms with Crippen LogP contribution in [0.5, 0.6) is 0 Å². The monoisotopic (exact) mass is 249 g/mol. The molecule has 1 atom stereocenters. The summed E-state index contributed by atoms with van der Waals surface area (Å²) in [7, 11) is 4.07. The number of benzene rings is 1. The number of nitrogens with zero attached hydrogens (tertiary/aromatic N) is 2. The molecule has 0 bridgehead atoms. The second kappa shape index (κ2) is 7.10. The normalized spacial score (nSPS) is 12.4. The van der Waals surface area contributed by atoms with Gasteiger partial charge in [-0.2, -0.15) is 5.26 Å². The van der Waals surface area contributed by atoms with E-state index < -0.39 is 0 Å². The van der Waals surface area contributed by atoms with Crippen LogP contribution in [0.2, 0.25) is 0 Å². The zero-order chi connectivity index (χ0) is 13.5. The van der Waals surface area contributed by atoms with Crippen molar-refractivity contribution in [2.24, 2.45) is 0 Å². The number of hydrogen-bond acceptors (Lipinski definition) is 3. The van der Waals surface area contributed by atoms with E-state index in [0.29, 0.717) is 23.7 Å². The molecule has 0 aliphatic carbocycles. The maximum atomic E-state index is 13.6. The molecule has 0 saturated heterocycles. The number of halogens is 1. The Balaban J connectivity index is 2.46. The van der Waals surface area contributed by atoms with Crippen LogP contribution in [-0.2, 0) is 6.54 Å². The lowest BCUT2D eigenvalue weighted by Crippen LogP contribution is -2.29. The minimum atomic E-state index is -0.318. The summed E-state index contributed by atoms with van der Waals surface area (Å²) in [5.74, 6) is -0.318. The van der Waals surface area contributed by atoms with Crippen LogP contribution in [-0.4, -0.2) is 31.6 Å². The highest BCUT2D eigenvalue weighted by Gasteiger charge is 2.06. The van der Waals surface area contributed by atoms with Crippen LogP contribution in [0.4, 0.5) is 4.39 Å². The Morgan fingerprint density at radius 1 is 1.44 bits per heavy atom. The molecule has 1 aromatic rings. The fourth-order valence-corrected chi connectivity index (χ4v) is 1.60. The average molecular weight is 249 g/mol. The van der Waals surface area contributed by atoms with Gasteiger partial charge in [0.15, 0.2) is 0 Å². The van der Waals surface area contributed by atoms with E-state index in [9.17, 15) is 4.39 Å². The quantitative estimate of drug-likeness (QED) is 0.839. The largest absolute Gasteiger partial charge is 0.310 e. The van der Waals surface area contributed by atoms with E-state index in [1.54, 1.807) is 12.1 Å². The van der Waals surface area contributed by atoms with Gasteiger partial charge in [-0.05, 0) is 46.1 Å². The van der Waals surface area contributed by atoms with Crippen molar-refractivity contribution in [3.63, 3.8) is 0 Å². The van der Waals surface area contributed by atoms with E-state index in [2.05, 4.69) is 17.1 Å². The maximum Gasteiger partial charge on any atom is 0.129 e. The summed E-state index contributed by atoms with van der Waals surface area (Å²) < 4.78 is 13.6. The summed E-state index contributed by atoms with van der Waals surface area (Å²) in [5, 5.41) is 11.9. The predicted molar refractivity (Wildman–Crippen MR) is 70.6 cm³/mol. The first-order valence-corrected chi connectivity index (χ1v) is 6.09. The lowest BCUT2D eigenvalue weighted by Gasteiger charge is -2.17. The second-order valence-electron chi connectivity index (χ2n) is 4.79. The Labute approximate surface area is 108 Å². The van der Waals surface area contributed by atoms with Crippen molar-refractivity contribution in [1.29, 1.82) is 5.26 Å². The first-order valence-electron chi connectivity index (χ1n) is 6.09. The number of nitrogens with one attached hydrogen (secondary N) is 1. The molecular formula is C14H20FN3. The van der Waals surface area contributed by atoms with Crippen molar-refractivity contribution in [1.82, 2.24) is 10.2 Å². The van der Waals surface area contributed by atoms with Gasteiger partial charge in [0.2, 0.25) is 0 Å². The molecule has 0 aliphatic rings. The number of nitriles is 1. The van der Waals surface area contributed by atoms with Crippen molar-refractivity contribution >= 4 is 0 Å². The highest BCUT2D eigenvalue weighted by Crippen LogP contribution is 2.10. The molecule has 0 aromatic heterocycles. The zero-order valence-electron chi connectivity index (χ0n) is 11.2. The smallest absolute Gasteiger partial charge is 0.129 e. The van der Waals surface area contributed by atoms with Gasteiger partial charge in [0.05, 0.1) is 11.6 Å². The molecule has 0 radical (unpaired) electrons. The summed E-state index contributed by atoms with van der Waals surface area (Å²) >= 11 is 0. The Kier molecular flexibility index (Phi) is 5.76. The standard InChI is InChI=1S/C14H20FN3/c1-11(6-7-18(2)3)17-10-13-5-4-12(9-16)8-14(13)15/h4-5,8,11,17H,6-7,10H2,1-3H3. The van der Waals surface area contributed by atoms with Crippen LogP contribution in [0, 0.1) is 17.1 Å². The van der Waals surface area contributed by atoms with Gasteiger partial charge in [-0.3, -0.25) is 0 Å². The summed E-state index contributed by atoms with van der Waals surface area (Å²) in [6.07, 6.45) is 1.02. The number of rotatable bonds is 6. The van der Waals surface area contributed by atoms with Gasteiger partial charge in [-0.1, -0.05) is 6.07 Å². The molecule has 18 heavy (non-hydrogen) atoms. The van der Waals surface area contributed by atoms with E-state index in [1.165, 1.54) is 6.07 Å². The average Bonchev–Trinajstić information content (AvgIpc) is 2.34. The summed E-state index contributed by atoms with van der Waals surface area (Å²) in [6, 6.07) is 6.85. The lowest BCUT2D eigenvalue weighted by atomic mass is 10.1. The van der Waals surface area contributed by atoms with E-state index in [0.717, 1.165) is 13.0 Å². The second-order valence-corrected chi connectivity index (χ2v) is 4.79. The highest BCUT2D eigenvalue weighted by molar-refractivity contribution is 5.32. The summed E-state index contributed by atoms with van der Waals surface area (Å²) in [4.78, 5) is 2.13. The van der Waals surface area contributed by atoms with E-state index in [1.807, 2.05) is 20.2 Å². The Hall–Kier alpha value is -1.44. The fraction of sp³-hybridized carbons (Fsp3) is 0.500. The zero-order valence-corrected chi connectivity index (χ0v) is 11.2. The van der Waals surface area contributed by atoms with E-state index in [-0.39, 0.29) is 5.82 Å². The van der Waals surface area contributed by atoms with Crippen LogP contribution < -0.4 is 5.32 Å². The van der Waals surface area contributed by atoms with Gasteiger partial charge in [0, 0.05) is 18.2 Å². The Morgan fingerprint density at radius 3 is 2.72 bits per heavy atom. The van der Waals surface area contributed by atoms with Crippen molar-refractivity contribution < 1.29 is 4.39 Å². The molecule has 98 valence electrons. The lowest BCUT2D eigenvalue weighted by molar-refractivity contribution is 0.365. The summed E-state index contributed by atoms with van der Waals surface area (Å²) in [6.45, 7) is 3.58. The molecule has 4 heteroatoms. The topological polar surface area (TPSA) is 39.1 Å². The molecule has 0 spiro atoms. The Morgan fingerprint density at radius 2 is 2.17 bits per heavy atom. The molecule has 1 rings (SSSR count). The molecule has 1 unspecified atom stereocenters. The SMILES string of the molecule is CC(CCN(C)C)NCc1ccc(C#N)cc1F. The third-order valence-corrected chi connectivity index (χ3v) is 2.83. The van der Waals surface area contributed by atoms with Gasteiger partial charge in [0.25, 0.3) is 0 Å². The van der Waals surface area contributed by atoms with E-state index in [4.69, 9.17) is 5.26 Å². The van der Waals surface area contributed by atoms with Crippen LogP contribution in [0.1, 0.15) is 24.5 Å². The molecule has 0 aliphatic heterocycles. The highest BCUT2D eigenvalue weighted by atomic mass is 19.1. The third-order valence-electron chi connectivity index (χ3n) is 2.83. The minimum absolute atomic E-state index is 0.318. The first-order chi connectivity index (χ1) is 8.52. The molecule has 3 nitrogen and oxygen atoms in total. The van der Waals surface area contributed by atoms with Crippen molar-refractivity contribution in [2.45, 2.75) is 25.9 Å². The molecule has 1 N–H and O–H groups in total. The third kappa shape index (κ3) is 4.82. The van der Waals surface area contributed by atoms with Crippen molar-refractivity contribution in [3.8, 4) is 6.07 Å². The van der Waals surface area contributed by atoms with Gasteiger partial charge in [-0.25, -0.2) is 4.39 Å². The van der Waals surface area contributed by atoms with Crippen LogP contribution in [0.25, 0.3) is 0 Å². The van der Waals surface area contributed by atoms with E-state index >= 15 is 0 Å². The molecule has 0 heterocycles. The maximum absolute atomic E-state index is 13.6. The molecule has 1 aromatic carbocycles. The first kappa shape index (κ1) is 14.6. The molecule has 0 fully saturated rings. The Bertz CT molecular complexity index is 424. The predicted octanol–water partition coefficient (Wildman–Crippen LogP) is 2.13. The molecule has 0 amide bonds. The molecular weight excluding hydrogens is 229 g/mol. The fourth-order valence-electron chi connectivity index (χ4n) is 1.60. The molecule has 0 saturated carbocycles. The van der Waals surface area contributed by atoms with Crippen LogP contribution in [0.15, 0.2) is 18.2 Å². The van der Waals surface area contributed by atoms with Gasteiger partial charge in [0.1, 0.15) is 5.82 Å². The van der Waals surface area contributed by atoms with Crippen LogP contribution in [0.3, 0.4) is 0 Å². The van der Waals surface area contributed by atoms with Gasteiger partial charge in [-0.15, -0.1) is 0 Å². The van der Waals surface area contributed by atoms with Crippen molar-refractivity contribution in [3.05, 3.63) is 35.1 Å². The minimum Gasteiger partial charge on any atom is -0.310 e. The summed E-state index contributed by atoms with van der Waals surface area (Å²) in [5.41, 5.74) is 0.961. The van der Waals surface area contributed by atoms with Crippen LogP contribution >= 0.6 is 0 Å². The van der Waals surface area contributed by atoms with Gasteiger partial charge >= 0.3 is 0 Å². The van der Waals surface area contributed by atoms with Gasteiger partial charge < -0.3 is 10.2 Å². The van der Waals surface area contributed by atoms with Crippen molar-refractivity contribution in [2.75, 3.05) is 20.6 Å².